The first-order valence-electron chi connectivity index (χ1n) is 9.72. The Balaban J connectivity index is 1.56. The molecule has 0 radical (unpaired) electrons. The predicted octanol–water partition coefficient (Wildman–Crippen LogP) is 4.32. The Bertz CT molecular complexity index is 1310. The molecule has 0 saturated carbocycles. The minimum absolute atomic E-state index is 0.134. The van der Waals surface area contributed by atoms with Crippen molar-refractivity contribution in [3.8, 4) is 11.6 Å². The zero-order valence-electron chi connectivity index (χ0n) is 17.3. The number of hydrogen-bond acceptors (Lipinski definition) is 6. The lowest BCUT2D eigenvalue weighted by molar-refractivity contribution is 0.0921. The molecule has 7 nitrogen and oxygen atoms in total. The Hall–Kier alpha value is -3.61. The van der Waals surface area contributed by atoms with Crippen LogP contribution in [0, 0.1) is 20.8 Å². The van der Waals surface area contributed by atoms with Crippen molar-refractivity contribution in [3.63, 3.8) is 0 Å². The van der Waals surface area contributed by atoms with Crippen molar-refractivity contribution < 1.29 is 18.5 Å². The summed E-state index contributed by atoms with van der Waals surface area (Å²) in [4.78, 5) is 24.5. The van der Waals surface area contributed by atoms with Crippen LogP contribution in [0.4, 0.5) is 0 Å². The van der Waals surface area contributed by atoms with E-state index >= 15 is 0 Å². The van der Waals surface area contributed by atoms with Gasteiger partial charge in [0, 0.05) is 40.5 Å². The zero-order valence-corrected chi connectivity index (χ0v) is 17.3. The smallest absolute Gasteiger partial charge is 0.336 e. The number of aromatic nitrogens is 2. The van der Waals surface area contributed by atoms with Gasteiger partial charge in [-0.25, -0.2) is 4.79 Å². The normalized spacial score (nSPS) is 11.2. The molecule has 0 unspecified atom stereocenters. The number of aryl methyl sites for hydroxylation is 3. The highest BCUT2D eigenvalue weighted by Crippen LogP contribution is 2.24. The Labute approximate surface area is 172 Å². The first kappa shape index (κ1) is 19.7. The van der Waals surface area contributed by atoms with Crippen LogP contribution in [0.1, 0.15) is 40.0 Å². The van der Waals surface area contributed by atoms with E-state index in [9.17, 15) is 9.59 Å². The lowest BCUT2D eigenvalue weighted by Gasteiger charge is -2.08. The molecule has 1 aromatic carbocycles. The van der Waals surface area contributed by atoms with Gasteiger partial charge in [-0.1, -0.05) is 12.1 Å². The third-order valence-electron chi connectivity index (χ3n) is 5.13. The molecule has 0 spiro atoms. The quantitative estimate of drug-likeness (QED) is 0.350. The van der Waals surface area contributed by atoms with Crippen molar-refractivity contribution in [2.75, 3.05) is 6.61 Å². The molecule has 0 saturated heterocycles. The standard InChI is InChI=1S/C23H22N2O5/c1-5-16-10-23(27)29-21-11-17(6-7-18(16)21)28-12-20(26)19-8-13(2)25(15(19)4)22-9-14(3)30-24-22/h6-11H,5,12H2,1-4H3. The molecule has 3 aromatic heterocycles. The number of carbonyl (C=O) groups excluding carboxylic acids is 1. The lowest BCUT2D eigenvalue weighted by Crippen LogP contribution is -2.13. The van der Waals surface area contributed by atoms with Gasteiger partial charge in [0.2, 0.25) is 5.78 Å². The van der Waals surface area contributed by atoms with Crippen LogP contribution in [0.25, 0.3) is 16.8 Å². The largest absolute Gasteiger partial charge is 0.485 e. The second-order valence-corrected chi connectivity index (χ2v) is 7.23. The van der Waals surface area contributed by atoms with Gasteiger partial charge in [0.05, 0.1) is 0 Å². The Morgan fingerprint density at radius 1 is 1.13 bits per heavy atom. The third-order valence-corrected chi connectivity index (χ3v) is 5.13. The summed E-state index contributed by atoms with van der Waals surface area (Å²) < 4.78 is 18.0. The summed E-state index contributed by atoms with van der Waals surface area (Å²) in [5, 5.41) is 4.90. The molecule has 0 fully saturated rings. The molecular weight excluding hydrogens is 384 g/mol. The van der Waals surface area contributed by atoms with Gasteiger partial charge in [-0.3, -0.25) is 9.36 Å². The maximum absolute atomic E-state index is 12.8. The maximum atomic E-state index is 12.8. The topological polar surface area (TPSA) is 87.5 Å². The summed E-state index contributed by atoms with van der Waals surface area (Å²) >= 11 is 0. The van der Waals surface area contributed by atoms with Crippen LogP contribution in [0.15, 0.2) is 50.1 Å². The van der Waals surface area contributed by atoms with Crippen LogP contribution >= 0.6 is 0 Å². The minimum atomic E-state index is -0.400. The molecular formula is C23H22N2O5. The van der Waals surface area contributed by atoms with Gasteiger partial charge in [-0.2, -0.15) is 0 Å². The average molecular weight is 406 g/mol. The van der Waals surface area contributed by atoms with Crippen molar-refractivity contribution in [1.29, 1.82) is 0 Å². The third kappa shape index (κ3) is 3.54. The van der Waals surface area contributed by atoms with Gasteiger partial charge in [0.1, 0.15) is 17.1 Å². The van der Waals surface area contributed by atoms with Crippen molar-refractivity contribution >= 4 is 16.8 Å². The molecule has 0 aliphatic rings. The molecule has 3 heterocycles. The molecule has 0 amide bonds. The predicted molar refractivity (Wildman–Crippen MR) is 112 cm³/mol. The van der Waals surface area contributed by atoms with E-state index in [-0.39, 0.29) is 12.4 Å². The van der Waals surface area contributed by atoms with E-state index in [1.54, 1.807) is 12.1 Å². The van der Waals surface area contributed by atoms with Crippen LogP contribution in [0.2, 0.25) is 0 Å². The van der Waals surface area contributed by atoms with Crippen LogP contribution in [-0.2, 0) is 6.42 Å². The van der Waals surface area contributed by atoms with Crippen LogP contribution in [-0.4, -0.2) is 22.1 Å². The number of rotatable bonds is 6. The van der Waals surface area contributed by atoms with E-state index in [4.69, 9.17) is 13.7 Å². The molecule has 154 valence electrons. The van der Waals surface area contributed by atoms with Crippen LogP contribution in [0.5, 0.6) is 5.75 Å². The van der Waals surface area contributed by atoms with E-state index in [1.165, 1.54) is 6.07 Å². The molecule has 7 heteroatoms. The molecule has 0 aliphatic heterocycles. The highest BCUT2D eigenvalue weighted by Gasteiger charge is 2.19. The Kier molecular flexibility index (Phi) is 5.03. The number of hydrogen-bond donors (Lipinski definition) is 0. The monoisotopic (exact) mass is 406 g/mol. The molecule has 0 N–H and O–H groups in total. The molecule has 0 aliphatic carbocycles. The number of ketones is 1. The van der Waals surface area contributed by atoms with Gasteiger partial charge in [0.25, 0.3) is 0 Å². The van der Waals surface area contributed by atoms with Gasteiger partial charge in [-0.15, -0.1) is 0 Å². The number of Topliss-reactive ketones (excluding diaryl/α,β-unsaturated/α-hetero) is 1. The number of fused-ring (bicyclic) bond motifs is 1. The molecule has 4 rings (SSSR count). The summed E-state index contributed by atoms with van der Waals surface area (Å²) in [6, 6.07) is 10.4. The minimum Gasteiger partial charge on any atom is -0.485 e. The SMILES string of the molecule is CCc1cc(=O)oc2cc(OCC(=O)c3cc(C)n(-c4cc(C)on4)c3C)ccc12. The van der Waals surface area contributed by atoms with Crippen molar-refractivity contribution in [1.82, 2.24) is 9.72 Å². The maximum Gasteiger partial charge on any atom is 0.336 e. The van der Waals surface area contributed by atoms with E-state index < -0.39 is 5.63 Å². The molecule has 0 atom stereocenters. The summed E-state index contributed by atoms with van der Waals surface area (Å²) in [5.41, 5.74) is 3.18. The average Bonchev–Trinajstić information content (AvgIpc) is 3.27. The van der Waals surface area contributed by atoms with Gasteiger partial charge < -0.3 is 13.7 Å². The second kappa shape index (κ2) is 7.67. The fourth-order valence-electron chi connectivity index (χ4n) is 3.68. The number of ether oxygens (including phenoxy) is 1. The fraction of sp³-hybridized carbons (Fsp3) is 0.261. The van der Waals surface area contributed by atoms with E-state index in [2.05, 4.69) is 5.16 Å². The number of nitrogens with zero attached hydrogens (tertiary/aromatic N) is 2. The van der Waals surface area contributed by atoms with Gasteiger partial charge in [-0.05, 0) is 51.0 Å². The van der Waals surface area contributed by atoms with Gasteiger partial charge in [0.15, 0.2) is 12.4 Å². The highest BCUT2D eigenvalue weighted by molar-refractivity contribution is 5.98. The second-order valence-electron chi connectivity index (χ2n) is 7.23. The summed E-state index contributed by atoms with van der Waals surface area (Å²) in [5.74, 6) is 1.65. The number of benzene rings is 1. The van der Waals surface area contributed by atoms with Crippen LogP contribution < -0.4 is 10.4 Å². The van der Waals surface area contributed by atoms with E-state index in [0.29, 0.717) is 28.5 Å². The first-order valence-corrected chi connectivity index (χ1v) is 9.72. The fourth-order valence-corrected chi connectivity index (χ4v) is 3.68. The summed E-state index contributed by atoms with van der Waals surface area (Å²) in [6.07, 6.45) is 0.724. The Morgan fingerprint density at radius 2 is 1.93 bits per heavy atom. The van der Waals surface area contributed by atoms with E-state index in [1.807, 2.05) is 50.5 Å². The number of carbonyl (C=O) groups is 1. The van der Waals surface area contributed by atoms with Crippen molar-refractivity contribution in [2.24, 2.45) is 0 Å². The van der Waals surface area contributed by atoms with Crippen molar-refractivity contribution in [3.05, 3.63) is 75.1 Å². The highest BCUT2D eigenvalue weighted by atomic mass is 16.5. The van der Waals surface area contributed by atoms with Crippen molar-refractivity contribution in [2.45, 2.75) is 34.1 Å². The Morgan fingerprint density at radius 3 is 2.63 bits per heavy atom. The summed E-state index contributed by atoms with van der Waals surface area (Å²) in [6.45, 7) is 7.44. The first-order chi connectivity index (χ1) is 14.4. The van der Waals surface area contributed by atoms with Gasteiger partial charge >= 0.3 is 5.63 Å². The van der Waals surface area contributed by atoms with Crippen LogP contribution in [0.3, 0.4) is 0 Å². The molecule has 0 bridgehead atoms. The molecule has 4 aromatic rings. The summed E-state index contributed by atoms with van der Waals surface area (Å²) in [7, 11) is 0. The lowest BCUT2D eigenvalue weighted by atomic mass is 10.1. The molecule has 30 heavy (non-hydrogen) atoms. The van der Waals surface area contributed by atoms with E-state index in [0.717, 1.165) is 28.8 Å². The zero-order chi connectivity index (χ0) is 21.4.